The first-order valence-corrected chi connectivity index (χ1v) is 18.9. The molecule has 0 amide bonds. The zero-order valence-electron chi connectivity index (χ0n) is 29.8. The molecule has 0 N–H and O–H groups in total. The molecule has 0 atom stereocenters. The van der Waals surface area contributed by atoms with Crippen LogP contribution in [0.15, 0.2) is 218 Å². The summed E-state index contributed by atoms with van der Waals surface area (Å²) in [5, 5.41) is 9.94. The van der Waals surface area contributed by atoms with Crippen molar-refractivity contribution in [2.75, 3.05) is 0 Å². The molecule has 0 aliphatic heterocycles. The van der Waals surface area contributed by atoms with Crippen molar-refractivity contribution in [3.63, 3.8) is 0 Å². The van der Waals surface area contributed by atoms with Gasteiger partial charge in [0.15, 0.2) is 0 Å². The Labute approximate surface area is 315 Å². The van der Waals surface area contributed by atoms with Crippen LogP contribution in [0.1, 0.15) is 44.5 Å². The van der Waals surface area contributed by atoms with Crippen LogP contribution in [0.2, 0.25) is 0 Å². The minimum Gasteiger partial charge on any atom is -0.0619 e. The Kier molecular flexibility index (Phi) is 6.78. The van der Waals surface area contributed by atoms with Crippen LogP contribution in [-0.4, -0.2) is 0 Å². The molecular formula is C54H36. The Morgan fingerprint density at radius 1 is 0.185 bits per heavy atom. The van der Waals surface area contributed by atoms with Gasteiger partial charge in [-0.1, -0.05) is 194 Å². The summed E-state index contributed by atoms with van der Waals surface area (Å²) < 4.78 is 0. The highest BCUT2D eigenvalue weighted by molar-refractivity contribution is 5.90. The van der Waals surface area contributed by atoms with Crippen molar-refractivity contribution in [2.24, 2.45) is 0 Å². The van der Waals surface area contributed by atoms with Crippen molar-refractivity contribution < 1.29 is 0 Å². The third-order valence-electron chi connectivity index (χ3n) is 12.2. The Bertz CT molecular complexity index is 2650. The SMILES string of the molecule is c1ccc2c(c1)C(c1ccc3ccccc3c1)(c1ccc3ccccc3c1)c1ccccc1C2(c1ccc2ccccc2c1)c1ccc2ccccc2c1. The van der Waals surface area contributed by atoms with Gasteiger partial charge in [0.2, 0.25) is 0 Å². The van der Waals surface area contributed by atoms with Crippen LogP contribution < -0.4 is 0 Å². The molecule has 252 valence electrons. The van der Waals surface area contributed by atoms with E-state index in [1.807, 2.05) is 0 Å². The Hall–Kier alpha value is -6.76. The van der Waals surface area contributed by atoms with Crippen molar-refractivity contribution in [3.8, 4) is 0 Å². The second-order valence-corrected chi connectivity index (χ2v) is 14.8. The van der Waals surface area contributed by atoms with Gasteiger partial charge in [0.05, 0.1) is 10.8 Å². The predicted molar refractivity (Wildman–Crippen MR) is 227 cm³/mol. The van der Waals surface area contributed by atoms with Crippen LogP contribution in [0.25, 0.3) is 43.1 Å². The summed E-state index contributed by atoms with van der Waals surface area (Å²) >= 11 is 0. The monoisotopic (exact) mass is 684 g/mol. The quantitative estimate of drug-likeness (QED) is 0.173. The van der Waals surface area contributed by atoms with Gasteiger partial charge in [-0.25, -0.2) is 0 Å². The fourth-order valence-corrected chi connectivity index (χ4v) is 9.83. The molecule has 11 rings (SSSR count). The van der Waals surface area contributed by atoms with E-state index in [0.29, 0.717) is 0 Å². The number of fused-ring (bicyclic) bond motifs is 6. The zero-order valence-corrected chi connectivity index (χ0v) is 29.8. The van der Waals surface area contributed by atoms with Crippen molar-refractivity contribution in [2.45, 2.75) is 10.8 Å². The molecule has 0 saturated heterocycles. The normalized spacial score (nSPS) is 14.2. The number of hydrogen-bond donors (Lipinski definition) is 0. The third-order valence-corrected chi connectivity index (χ3v) is 12.2. The van der Waals surface area contributed by atoms with E-state index in [-0.39, 0.29) is 0 Å². The first kappa shape index (κ1) is 30.8. The topological polar surface area (TPSA) is 0 Å². The summed E-state index contributed by atoms with van der Waals surface area (Å²) in [6.45, 7) is 0. The first-order valence-electron chi connectivity index (χ1n) is 18.9. The van der Waals surface area contributed by atoms with Crippen LogP contribution in [0.4, 0.5) is 0 Å². The molecule has 0 spiro atoms. The summed E-state index contributed by atoms with van der Waals surface area (Å²) in [5.74, 6) is 0. The van der Waals surface area contributed by atoms with E-state index in [4.69, 9.17) is 0 Å². The number of rotatable bonds is 4. The average Bonchev–Trinajstić information content (AvgIpc) is 3.25. The maximum atomic E-state index is 2.44. The van der Waals surface area contributed by atoms with Crippen molar-refractivity contribution >= 4 is 43.1 Å². The first-order chi connectivity index (χ1) is 26.7. The average molecular weight is 685 g/mol. The molecule has 0 saturated carbocycles. The Balaban J connectivity index is 1.34. The molecule has 0 heteroatoms. The summed E-state index contributed by atoms with van der Waals surface area (Å²) in [6.07, 6.45) is 0. The van der Waals surface area contributed by atoms with Gasteiger partial charge in [0.25, 0.3) is 0 Å². The number of benzene rings is 10. The lowest BCUT2D eigenvalue weighted by atomic mass is 9.50. The van der Waals surface area contributed by atoms with Gasteiger partial charge in [-0.05, 0) is 112 Å². The van der Waals surface area contributed by atoms with E-state index in [1.54, 1.807) is 0 Å². The van der Waals surface area contributed by atoms with Crippen molar-refractivity contribution in [1.82, 2.24) is 0 Å². The molecule has 10 aromatic rings. The fraction of sp³-hybridized carbons (Fsp3) is 0.0370. The lowest BCUT2D eigenvalue weighted by Crippen LogP contribution is -2.45. The van der Waals surface area contributed by atoms with Crippen LogP contribution >= 0.6 is 0 Å². The van der Waals surface area contributed by atoms with Crippen LogP contribution in [-0.2, 0) is 10.8 Å². The third kappa shape index (κ3) is 4.32. The molecule has 0 bridgehead atoms. The Morgan fingerprint density at radius 3 is 0.630 bits per heavy atom. The van der Waals surface area contributed by atoms with Gasteiger partial charge >= 0.3 is 0 Å². The second kappa shape index (κ2) is 11.9. The van der Waals surface area contributed by atoms with Gasteiger partial charge in [-0.3, -0.25) is 0 Å². The van der Waals surface area contributed by atoms with E-state index in [0.717, 1.165) is 0 Å². The highest BCUT2D eigenvalue weighted by Crippen LogP contribution is 2.60. The lowest BCUT2D eigenvalue weighted by molar-refractivity contribution is 0.617. The molecular weight excluding hydrogens is 649 g/mol. The molecule has 0 radical (unpaired) electrons. The largest absolute Gasteiger partial charge is 0.0708 e. The van der Waals surface area contributed by atoms with Crippen LogP contribution in [0, 0.1) is 0 Å². The van der Waals surface area contributed by atoms with Gasteiger partial charge in [-0.15, -0.1) is 0 Å². The Morgan fingerprint density at radius 2 is 0.389 bits per heavy atom. The predicted octanol–water partition coefficient (Wildman–Crippen LogP) is 13.4. The van der Waals surface area contributed by atoms with E-state index < -0.39 is 10.8 Å². The van der Waals surface area contributed by atoms with Crippen LogP contribution in [0.3, 0.4) is 0 Å². The summed E-state index contributed by atoms with van der Waals surface area (Å²) in [5.41, 5.74) is 9.04. The van der Waals surface area contributed by atoms with Gasteiger partial charge in [0.1, 0.15) is 0 Å². The van der Waals surface area contributed by atoms with Crippen LogP contribution in [0.5, 0.6) is 0 Å². The molecule has 10 aromatic carbocycles. The molecule has 0 nitrogen and oxygen atoms in total. The van der Waals surface area contributed by atoms with E-state index in [1.165, 1.54) is 87.6 Å². The lowest BCUT2D eigenvalue weighted by Gasteiger charge is -2.51. The zero-order chi connectivity index (χ0) is 35.7. The van der Waals surface area contributed by atoms with E-state index in [9.17, 15) is 0 Å². The highest BCUT2D eigenvalue weighted by Gasteiger charge is 2.53. The fourth-order valence-electron chi connectivity index (χ4n) is 9.83. The van der Waals surface area contributed by atoms with Gasteiger partial charge in [0, 0.05) is 0 Å². The summed E-state index contributed by atoms with van der Waals surface area (Å²) in [7, 11) is 0. The number of hydrogen-bond acceptors (Lipinski definition) is 0. The smallest absolute Gasteiger partial charge is 0.0619 e. The standard InChI is InChI=1S/C54H36/c1-5-17-41-33-45(29-25-37(41)13-1)53(46-30-26-38-14-2-6-18-42(38)34-46)49-21-9-11-23-51(49)54(52-24-12-10-22-50(52)53,47-31-27-39-15-3-7-19-43(39)35-47)48-32-28-40-16-4-8-20-44(40)36-48/h1-36H. The second-order valence-electron chi connectivity index (χ2n) is 14.8. The maximum absolute atomic E-state index is 2.44. The molecule has 54 heavy (non-hydrogen) atoms. The van der Waals surface area contributed by atoms with Gasteiger partial charge < -0.3 is 0 Å². The molecule has 0 fully saturated rings. The summed E-state index contributed by atoms with van der Waals surface area (Å²) in [4.78, 5) is 0. The minimum atomic E-state index is -0.613. The highest BCUT2D eigenvalue weighted by atomic mass is 14.5. The maximum Gasteiger partial charge on any atom is 0.0708 e. The van der Waals surface area contributed by atoms with E-state index >= 15 is 0 Å². The molecule has 1 aliphatic rings. The summed E-state index contributed by atoms with van der Waals surface area (Å²) in [6, 6.07) is 82.2. The van der Waals surface area contributed by atoms with Gasteiger partial charge in [-0.2, -0.15) is 0 Å². The molecule has 0 heterocycles. The van der Waals surface area contributed by atoms with Crippen molar-refractivity contribution in [1.29, 1.82) is 0 Å². The molecule has 0 aromatic heterocycles. The minimum absolute atomic E-state index is 0.613. The van der Waals surface area contributed by atoms with Crippen molar-refractivity contribution in [3.05, 3.63) is 263 Å². The molecule has 1 aliphatic carbocycles. The van der Waals surface area contributed by atoms with E-state index in [2.05, 4.69) is 218 Å². The molecule has 0 unspecified atom stereocenters.